The van der Waals surface area contributed by atoms with Crippen LogP contribution in [-0.4, -0.2) is 47.2 Å². The summed E-state index contributed by atoms with van der Waals surface area (Å²) in [6.07, 6.45) is 0. The highest BCUT2D eigenvalue weighted by atomic mass is 35.5. The van der Waals surface area contributed by atoms with Crippen molar-refractivity contribution in [3.05, 3.63) is 70.2 Å². The number of amides is 3. The van der Waals surface area contributed by atoms with Gasteiger partial charge in [-0.1, -0.05) is 35.9 Å². The molecule has 1 heterocycles. The standard InChI is InChI=1S/C21H22ClN3O3/c1-2-24-10-11-25(21(28)20(24)27)14-15-6-8-17(9-7-15)19(26)23-13-16-4-3-5-18(22)12-16/h3-9,12H,2,10-11,13-14H2,1H3,(H,23,26). The van der Waals surface area contributed by atoms with Gasteiger partial charge in [0.05, 0.1) is 0 Å². The molecule has 1 fully saturated rings. The molecule has 0 bridgehead atoms. The molecular formula is C21H22ClN3O3. The van der Waals surface area contributed by atoms with E-state index in [0.717, 1.165) is 11.1 Å². The minimum Gasteiger partial charge on any atom is -0.348 e. The zero-order valence-corrected chi connectivity index (χ0v) is 16.4. The molecule has 6 nitrogen and oxygen atoms in total. The monoisotopic (exact) mass is 399 g/mol. The Morgan fingerprint density at radius 1 is 1.00 bits per heavy atom. The topological polar surface area (TPSA) is 69.7 Å². The van der Waals surface area contributed by atoms with Crippen molar-refractivity contribution in [1.29, 1.82) is 0 Å². The third-order valence-corrected chi connectivity index (χ3v) is 4.95. The van der Waals surface area contributed by atoms with Crippen LogP contribution in [0, 0.1) is 0 Å². The molecule has 1 aliphatic heterocycles. The molecule has 0 aromatic heterocycles. The summed E-state index contributed by atoms with van der Waals surface area (Å²) >= 11 is 5.95. The van der Waals surface area contributed by atoms with Crippen LogP contribution in [0.15, 0.2) is 48.5 Å². The Morgan fingerprint density at radius 2 is 1.68 bits per heavy atom. The van der Waals surface area contributed by atoms with Gasteiger partial charge in [0.25, 0.3) is 5.91 Å². The van der Waals surface area contributed by atoms with Gasteiger partial charge in [-0.3, -0.25) is 14.4 Å². The summed E-state index contributed by atoms with van der Waals surface area (Å²) < 4.78 is 0. The number of benzene rings is 2. The lowest BCUT2D eigenvalue weighted by atomic mass is 10.1. The second-order valence-corrected chi connectivity index (χ2v) is 7.06. The molecule has 0 unspecified atom stereocenters. The van der Waals surface area contributed by atoms with Gasteiger partial charge in [-0.2, -0.15) is 0 Å². The van der Waals surface area contributed by atoms with Crippen LogP contribution in [0.1, 0.15) is 28.4 Å². The van der Waals surface area contributed by atoms with Crippen molar-refractivity contribution in [1.82, 2.24) is 15.1 Å². The van der Waals surface area contributed by atoms with Gasteiger partial charge < -0.3 is 15.1 Å². The van der Waals surface area contributed by atoms with E-state index in [-0.39, 0.29) is 5.91 Å². The molecule has 1 saturated heterocycles. The molecule has 0 saturated carbocycles. The van der Waals surface area contributed by atoms with Gasteiger partial charge in [-0.05, 0) is 42.3 Å². The minimum absolute atomic E-state index is 0.186. The van der Waals surface area contributed by atoms with Crippen LogP contribution in [0.4, 0.5) is 0 Å². The molecule has 1 N–H and O–H groups in total. The number of piperazine rings is 1. The second kappa shape index (κ2) is 8.89. The number of nitrogens with zero attached hydrogens (tertiary/aromatic N) is 2. The average Bonchev–Trinajstić information content (AvgIpc) is 2.70. The van der Waals surface area contributed by atoms with Crippen LogP contribution >= 0.6 is 11.6 Å². The molecule has 2 aromatic carbocycles. The summed E-state index contributed by atoms with van der Waals surface area (Å²) in [5.74, 6) is -1.11. The van der Waals surface area contributed by atoms with Crippen molar-refractivity contribution in [2.24, 2.45) is 0 Å². The number of likely N-dealkylation sites (N-methyl/N-ethyl adjacent to an activating group) is 1. The van der Waals surface area contributed by atoms with Gasteiger partial charge >= 0.3 is 11.8 Å². The van der Waals surface area contributed by atoms with Crippen molar-refractivity contribution >= 4 is 29.3 Å². The summed E-state index contributed by atoms with van der Waals surface area (Å²) in [7, 11) is 0. The summed E-state index contributed by atoms with van der Waals surface area (Å²) in [5.41, 5.74) is 2.33. The molecule has 3 amide bonds. The normalized spacial score (nSPS) is 14.4. The van der Waals surface area contributed by atoms with E-state index in [1.807, 2.05) is 25.1 Å². The van der Waals surface area contributed by atoms with Crippen molar-refractivity contribution in [2.75, 3.05) is 19.6 Å². The van der Waals surface area contributed by atoms with Crippen LogP contribution in [0.25, 0.3) is 0 Å². The summed E-state index contributed by atoms with van der Waals surface area (Å²) in [6, 6.07) is 14.4. The summed E-state index contributed by atoms with van der Waals surface area (Å²) in [6.45, 7) is 4.20. The number of hydrogen-bond donors (Lipinski definition) is 1. The first kappa shape index (κ1) is 19.9. The van der Waals surface area contributed by atoms with Crippen LogP contribution in [0.3, 0.4) is 0 Å². The van der Waals surface area contributed by atoms with E-state index >= 15 is 0 Å². The van der Waals surface area contributed by atoms with Crippen molar-refractivity contribution in [3.63, 3.8) is 0 Å². The molecule has 3 rings (SSSR count). The Kier molecular flexibility index (Phi) is 6.31. The average molecular weight is 400 g/mol. The van der Waals surface area contributed by atoms with E-state index in [2.05, 4.69) is 5.32 Å². The van der Waals surface area contributed by atoms with Gasteiger partial charge in [-0.25, -0.2) is 0 Å². The maximum absolute atomic E-state index is 12.3. The number of rotatable bonds is 6. The van der Waals surface area contributed by atoms with Crippen LogP contribution < -0.4 is 5.32 Å². The maximum Gasteiger partial charge on any atom is 0.312 e. The van der Waals surface area contributed by atoms with Crippen molar-refractivity contribution in [2.45, 2.75) is 20.0 Å². The fourth-order valence-corrected chi connectivity index (χ4v) is 3.29. The zero-order valence-electron chi connectivity index (χ0n) is 15.7. The second-order valence-electron chi connectivity index (χ2n) is 6.62. The SMILES string of the molecule is CCN1CCN(Cc2ccc(C(=O)NCc3cccc(Cl)c3)cc2)C(=O)C1=O. The molecule has 0 atom stereocenters. The molecule has 2 aromatic rings. The maximum atomic E-state index is 12.3. The number of nitrogens with one attached hydrogen (secondary N) is 1. The first-order valence-electron chi connectivity index (χ1n) is 9.17. The van der Waals surface area contributed by atoms with Gasteiger partial charge in [-0.15, -0.1) is 0 Å². The predicted molar refractivity (Wildman–Crippen MR) is 107 cm³/mol. The fraction of sp³-hybridized carbons (Fsp3) is 0.286. The summed E-state index contributed by atoms with van der Waals surface area (Å²) in [4.78, 5) is 39.6. The lowest BCUT2D eigenvalue weighted by Crippen LogP contribution is -2.53. The van der Waals surface area contributed by atoms with Crippen LogP contribution in [0.5, 0.6) is 0 Å². The zero-order chi connectivity index (χ0) is 20.1. The van der Waals surface area contributed by atoms with E-state index in [9.17, 15) is 14.4 Å². The Labute approximate surface area is 169 Å². The van der Waals surface area contributed by atoms with E-state index in [1.54, 1.807) is 40.1 Å². The highest BCUT2D eigenvalue weighted by Crippen LogP contribution is 2.13. The fourth-order valence-electron chi connectivity index (χ4n) is 3.08. The minimum atomic E-state index is -0.476. The number of hydrogen-bond acceptors (Lipinski definition) is 3. The lowest BCUT2D eigenvalue weighted by Gasteiger charge is -2.33. The molecule has 28 heavy (non-hydrogen) atoms. The van der Waals surface area contributed by atoms with Gasteiger partial charge in [0.2, 0.25) is 0 Å². The van der Waals surface area contributed by atoms with E-state index in [4.69, 9.17) is 11.6 Å². The van der Waals surface area contributed by atoms with Crippen molar-refractivity contribution < 1.29 is 14.4 Å². The third-order valence-electron chi connectivity index (χ3n) is 4.71. The van der Waals surface area contributed by atoms with E-state index in [1.165, 1.54) is 0 Å². The summed E-state index contributed by atoms with van der Waals surface area (Å²) in [5, 5.41) is 3.48. The molecule has 146 valence electrons. The van der Waals surface area contributed by atoms with E-state index < -0.39 is 11.8 Å². The van der Waals surface area contributed by atoms with Gasteiger partial charge in [0, 0.05) is 43.3 Å². The Morgan fingerprint density at radius 3 is 2.36 bits per heavy atom. The van der Waals surface area contributed by atoms with Crippen molar-refractivity contribution in [3.8, 4) is 0 Å². The first-order chi connectivity index (χ1) is 13.5. The molecule has 1 aliphatic rings. The smallest absolute Gasteiger partial charge is 0.312 e. The molecular weight excluding hydrogens is 378 g/mol. The highest BCUT2D eigenvalue weighted by molar-refractivity contribution is 6.35. The van der Waals surface area contributed by atoms with Crippen LogP contribution in [0.2, 0.25) is 5.02 Å². The third kappa shape index (κ3) is 4.70. The Bertz CT molecular complexity index is 883. The first-order valence-corrected chi connectivity index (χ1v) is 9.55. The molecule has 7 heteroatoms. The number of carbonyl (C=O) groups excluding carboxylic acids is 3. The Balaban J connectivity index is 1.56. The van der Waals surface area contributed by atoms with Gasteiger partial charge in [0.1, 0.15) is 0 Å². The van der Waals surface area contributed by atoms with Gasteiger partial charge in [0.15, 0.2) is 0 Å². The highest BCUT2D eigenvalue weighted by Gasteiger charge is 2.31. The molecule has 0 spiro atoms. The van der Waals surface area contributed by atoms with E-state index in [0.29, 0.717) is 43.3 Å². The quantitative estimate of drug-likeness (QED) is 0.758. The Hall–Kier alpha value is -2.86. The molecule has 0 aliphatic carbocycles. The molecule has 0 radical (unpaired) electrons. The number of halogens is 1. The predicted octanol–water partition coefficient (Wildman–Crippen LogP) is 2.46. The number of carbonyl (C=O) groups is 3. The lowest BCUT2D eigenvalue weighted by molar-refractivity contribution is -0.156. The van der Waals surface area contributed by atoms with Crippen LogP contribution in [-0.2, 0) is 22.7 Å². The largest absolute Gasteiger partial charge is 0.348 e.